The van der Waals surface area contributed by atoms with E-state index in [1.54, 1.807) is 36.9 Å². The molecule has 0 bridgehead atoms. The lowest BCUT2D eigenvalue weighted by molar-refractivity contribution is -0.255. The first-order chi connectivity index (χ1) is 50.3. The third kappa shape index (κ3) is 16.3. The molecule has 22 nitrogen and oxygen atoms in total. The molecule has 0 saturated carbocycles. The van der Waals surface area contributed by atoms with Gasteiger partial charge < -0.3 is 52.0 Å². The Kier molecular flexibility index (Phi) is 25.6. The van der Waals surface area contributed by atoms with Crippen LogP contribution < -0.4 is 32.5 Å². The van der Waals surface area contributed by atoms with Crippen molar-refractivity contribution in [3.63, 3.8) is 0 Å². The van der Waals surface area contributed by atoms with Crippen LogP contribution in [-0.4, -0.2) is 138 Å². The lowest BCUT2D eigenvalue weighted by Crippen LogP contribution is -2.57. The van der Waals surface area contributed by atoms with Gasteiger partial charge in [0.15, 0.2) is 0 Å². The maximum absolute atomic E-state index is 13.4. The summed E-state index contributed by atoms with van der Waals surface area (Å²) < 4.78 is 0. The largest absolute Gasteiger partial charge is 0.545 e. The molecule has 11 atom stereocenters. The van der Waals surface area contributed by atoms with Crippen LogP contribution in [0.3, 0.4) is 0 Å². The number of piperidine rings is 3. The number of aromatic nitrogens is 4. The highest BCUT2D eigenvalue weighted by Crippen LogP contribution is 2.48. The van der Waals surface area contributed by atoms with Gasteiger partial charge in [-0.1, -0.05) is 128 Å². The predicted octanol–water partition coefficient (Wildman–Crippen LogP) is 9.27. The van der Waals surface area contributed by atoms with Crippen LogP contribution in [0.25, 0.3) is 0 Å². The molecule has 3 fully saturated rings. The number of aromatic carboxylic acids is 1. The third-order valence-electron chi connectivity index (χ3n) is 22.1. The molecule has 15 rings (SSSR count). The summed E-state index contributed by atoms with van der Waals surface area (Å²) in [6.45, 7) is 22.6. The van der Waals surface area contributed by atoms with Gasteiger partial charge in [-0.15, -0.1) is 0 Å². The van der Waals surface area contributed by atoms with Gasteiger partial charge in [-0.2, -0.15) is 9.59 Å². The highest BCUT2D eigenvalue weighted by Gasteiger charge is 2.53. The average molecular weight is 1430 g/mol. The number of carbonyl (C=O) groups is 7. The number of hydrogen-bond donors (Lipinski definition) is 5. The van der Waals surface area contributed by atoms with Crippen molar-refractivity contribution in [1.82, 2.24) is 40.0 Å². The molecule has 0 unspecified atom stereocenters. The van der Waals surface area contributed by atoms with E-state index in [0.717, 1.165) is 66.0 Å². The summed E-state index contributed by atoms with van der Waals surface area (Å²) in [6.07, 6.45) is 11.3. The van der Waals surface area contributed by atoms with E-state index in [1.807, 2.05) is 90.9 Å². The highest BCUT2D eigenvalue weighted by atomic mass is 16.4. The number of likely N-dealkylation sites (tertiary alicyclic amines) is 3. The number of likely N-dealkylation sites (N-methyl/N-ethyl adjacent to an activating group) is 3. The number of anilines is 2. The summed E-state index contributed by atoms with van der Waals surface area (Å²) >= 11 is 0. The fraction of sp³-hybridized carbons (Fsp3) is 0.381. The first kappa shape index (κ1) is 79.2. The van der Waals surface area contributed by atoms with Gasteiger partial charge in [-0.3, -0.25) is 38.7 Å². The predicted molar refractivity (Wildman–Crippen MR) is 403 cm³/mol. The minimum Gasteiger partial charge on any atom is -0.545 e. The second-order valence-electron chi connectivity index (χ2n) is 28.2. The van der Waals surface area contributed by atoms with Crippen molar-refractivity contribution in [2.24, 2.45) is 11.5 Å². The molecule has 4 aromatic heterocycles. The number of rotatable bonds is 9. The first-order valence-electron chi connectivity index (χ1n) is 36.0. The third-order valence-corrected chi connectivity index (χ3v) is 22.1. The van der Waals surface area contributed by atoms with E-state index >= 15 is 0 Å². The molecule has 2 aliphatic carbocycles. The van der Waals surface area contributed by atoms with Crippen molar-refractivity contribution in [3.05, 3.63) is 248 Å². The highest BCUT2D eigenvalue weighted by molar-refractivity contribution is 6.07. The second-order valence-corrected chi connectivity index (χ2v) is 28.2. The fourth-order valence-electron chi connectivity index (χ4n) is 16.4. The number of aryl methyl sites for hydroxylation is 4. The van der Waals surface area contributed by atoms with Crippen molar-refractivity contribution in [2.75, 3.05) is 30.3 Å². The molecule has 3 saturated heterocycles. The second kappa shape index (κ2) is 34.3. The summed E-state index contributed by atoms with van der Waals surface area (Å²) in [5.74, 6) is 0.749. The van der Waals surface area contributed by atoms with Crippen molar-refractivity contribution in [1.29, 1.82) is 0 Å². The molecule has 7 N–H and O–H groups in total. The number of nitrogens with one attached hydrogen (secondary N) is 3. The van der Waals surface area contributed by atoms with Gasteiger partial charge in [0, 0.05) is 116 Å². The zero-order valence-electron chi connectivity index (χ0n) is 61.2. The molecule has 2 spiro atoms. The van der Waals surface area contributed by atoms with Gasteiger partial charge >= 0.3 is 6.15 Å². The maximum atomic E-state index is 13.4. The minimum absolute atomic E-state index is 0. The first-order valence-corrected chi connectivity index (χ1v) is 36.0. The Balaban J connectivity index is 0.000000163. The zero-order valence-corrected chi connectivity index (χ0v) is 61.2. The number of fused-ring (bicyclic) bond motifs is 6. The Bertz CT molecular complexity index is 4470. The van der Waals surface area contributed by atoms with E-state index in [9.17, 15) is 38.7 Å². The van der Waals surface area contributed by atoms with Gasteiger partial charge in [0.05, 0.1) is 34.4 Å². The average Bonchev–Trinajstić information content (AvgIpc) is 1.57. The molecular weight excluding hydrogens is 1340 g/mol. The molecular formula is C84H97N12O10-. The van der Waals surface area contributed by atoms with Gasteiger partial charge in [-0.05, 0) is 176 Å². The monoisotopic (exact) mass is 1430 g/mol. The molecule has 554 valence electrons. The van der Waals surface area contributed by atoms with Crippen LogP contribution in [0.5, 0.6) is 0 Å². The van der Waals surface area contributed by atoms with Crippen LogP contribution in [0, 0.1) is 27.7 Å². The molecule has 22 heteroatoms. The number of hydrogen-bond acceptors (Lipinski definition) is 16. The quantitative estimate of drug-likeness (QED) is 0.0898. The summed E-state index contributed by atoms with van der Waals surface area (Å²) in [5, 5.41) is 19.0. The van der Waals surface area contributed by atoms with Crippen molar-refractivity contribution < 1.29 is 48.3 Å². The number of carbonyl (C=O) groups excluding carboxylic acids is 9. The number of amides is 6. The number of carboxylic acid groups (broad SMARTS) is 1. The Labute approximate surface area is 620 Å². The number of nitrogens with zero attached hydrogens (tertiary/aromatic N) is 7. The Morgan fingerprint density at radius 1 is 0.519 bits per heavy atom. The molecule has 8 aromatic rings. The van der Waals surface area contributed by atoms with Crippen LogP contribution in [0.2, 0.25) is 0 Å². The van der Waals surface area contributed by atoms with Gasteiger partial charge in [-0.25, -0.2) is 9.97 Å². The molecule has 4 aromatic carbocycles. The van der Waals surface area contributed by atoms with E-state index in [2.05, 4.69) is 144 Å². The standard InChI is InChI=1S/C30H31N5O3.2C15H22N2O.C14H11N3O.C8H8O2.CO2.CH4/c1-4-35-18(3)22(21-9-6-5-8-17(21)2)13-24(28(35)37)33-27(36)20-12-19-14-30(15-25(19)32-16-20)23-10-7-11-31-26(23)34-29(30)38;2*1-4-17-11(3)13(9-14(16)15(17)18)12-8-6-5-7-10(12)2;18-13-14(10-4-2-6-16-12(10)17-13)7-9-3-1-5-15-11(9)8-14;1-6-2-4-7(5-3-6)8(9)10;2-1-3;/h5-12,16,18,22,24H,4,13-15H2,1-3H3,(H,33,36)(H,31,34,38);2*5-8,11,13-14H,4,9,16H2,1-3H3;1-6H,7-8H2,(H,16,17,18);2-5H,1H3,(H,9,10);;1H4/p-1/t18-,22-,24+,30+;2*11-,13-,14+;14-;;;/m1110.../s1. The van der Waals surface area contributed by atoms with Crippen LogP contribution >= 0.6 is 0 Å². The number of nitrogens with two attached hydrogens (primary N) is 2. The van der Waals surface area contributed by atoms with Crippen LogP contribution in [-0.2, 0) is 70.1 Å². The minimum atomic E-state index is -1.12. The van der Waals surface area contributed by atoms with E-state index in [4.69, 9.17) is 21.1 Å². The lowest BCUT2D eigenvalue weighted by Gasteiger charge is -2.43. The van der Waals surface area contributed by atoms with Crippen molar-refractivity contribution in [3.8, 4) is 0 Å². The fourth-order valence-corrected chi connectivity index (χ4v) is 16.4. The zero-order chi connectivity index (χ0) is 75.6. The number of pyridine rings is 4. The van der Waals surface area contributed by atoms with Gasteiger partial charge in [0.25, 0.3) is 5.91 Å². The van der Waals surface area contributed by atoms with Gasteiger partial charge in [0.1, 0.15) is 17.7 Å². The van der Waals surface area contributed by atoms with E-state index in [0.29, 0.717) is 61.3 Å². The summed E-state index contributed by atoms with van der Waals surface area (Å²) in [5.41, 5.74) is 25.8. The summed E-state index contributed by atoms with van der Waals surface area (Å²) in [6, 6.07) is 44.2. The molecule has 5 aliphatic heterocycles. The maximum Gasteiger partial charge on any atom is 0.373 e. The lowest BCUT2D eigenvalue weighted by atomic mass is 9.80. The summed E-state index contributed by atoms with van der Waals surface area (Å²) in [7, 11) is 0. The molecule has 6 amide bonds. The van der Waals surface area contributed by atoms with E-state index in [-0.39, 0.29) is 90.7 Å². The molecule has 7 aliphatic rings. The Hall–Kier alpha value is -10.9. The molecule has 9 heterocycles. The van der Waals surface area contributed by atoms with Crippen LogP contribution in [0.1, 0.15) is 179 Å². The molecule has 106 heavy (non-hydrogen) atoms. The van der Waals surface area contributed by atoms with Gasteiger partial charge in [0.2, 0.25) is 29.5 Å². The number of benzene rings is 4. The Morgan fingerprint density at radius 2 is 0.915 bits per heavy atom. The van der Waals surface area contributed by atoms with Crippen molar-refractivity contribution in [2.45, 2.75) is 186 Å². The normalized spacial score (nSPS) is 23.9. The SMILES string of the molecule is C.CCN1C(=O)[C@@H](N)C[C@@H](c2ccccc2C)[C@H]1C.CCN1C(=O)[C@@H](N)C[C@@H](c2ccccc2C)[C@H]1C.CCN1C(=O)[C@@H](NC(=O)c2cnc3c(c2)C[C@@]2(C3)C(=O)Nc3ncccc32)C[C@@H](c2ccccc2C)[C@H]1C.Cc1ccc(C(=O)[O-])cc1.O=C1Nc2ncccc2[C@@]12Cc1cccnc1C2.O=C=O. The van der Waals surface area contributed by atoms with Crippen molar-refractivity contribution >= 4 is 59.2 Å². The van der Waals surface area contributed by atoms with E-state index < -0.39 is 22.8 Å². The topological polar surface area (TPSA) is 326 Å². The van der Waals surface area contributed by atoms with Crippen LogP contribution in [0.15, 0.2) is 164 Å². The van der Waals surface area contributed by atoms with Crippen LogP contribution in [0.4, 0.5) is 11.6 Å². The number of carboxylic acids is 1. The smallest absolute Gasteiger partial charge is 0.373 e. The Morgan fingerprint density at radius 3 is 1.34 bits per heavy atom. The summed E-state index contributed by atoms with van der Waals surface area (Å²) in [4.78, 5) is 126. The molecule has 0 radical (unpaired) electrons. The van der Waals surface area contributed by atoms with E-state index in [1.165, 1.54) is 51.1 Å².